The van der Waals surface area contributed by atoms with Gasteiger partial charge in [-0.15, -0.1) is 0 Å². The fourth-order valence-corrected chi connectivity index (χ4v) is 3.61. The van der Waals surface area contributed by atoms with Crippen LogP contribution in [-0.4, -0.2) is 48.9 Å². The van der Waals surface area contributed by atoms with E-state index >= 15 is 0 Å². The van der Waals surface area contributed by atoms with Crippen LogP contribution in [0.25, 0.3) is 0 Å². The third kappa shape index (κ3) is 3.19. The normalized spacial score (nSPS) is 24.9. The molecule has 0 N–H and O–H groups in total. The molecule has 0 radical (unpaired) electrons. The Bertz CT molecular complexity index is 602. The van der Waals surface area contributed by atoms with Gasteiger partial charge in [-0.05, 0) is 37.0 Å². The zero-order valence-electron chi connectivity index (χ0n) is 13.8. The van der Waals surface area contributed by atoms with Gasteiger partial charge in [-0.2, -0.15) is 0 Å². The third-order valence-electron chi connectivity index (χ3n) is 5.02. The molecule has 1 aromatic carbocycles. The Morgan fingerprint density at radius 1 is 1.26 bits per heavy atom. The minimum Gasteiger partial charge on any atom is -0.497 e. The van der Waals surface area contributed by atoms with E-state index in [1.54, 1.807) is 19.1 Å². The lowest BCUT2D eigenvalue weighted by Gasteiger charge is -2.33. The Morgan fingerprint density at radius 3 is 2.83 bits per heavy atom. The summed E-state index contributed by atoms with van der Waals surface area (Å²) in [7, 11) is 3.46. The van der Waals surface area contributed by atoms with Crippen molar-refractivity contribution in [2.75, 3.05) is 27.2 Å². The highest BCUT2D eigenvalue weighted by Gasteiger charge is 2.37. The van der Waals surface area contributed by atoms with Gasteiger partial charge in [-0.3, -0.25) is 9.59 Å². The highest BCUT2D eigenvalue weighted by Crippen LogP contribution is 2.35. The molecule has 3 rings (SSSR count). The molecule has 2 aliphatic rings. The van der Waals surface area contributed by atoms with Gasteiger partial charge >= 0.3 is 0 Å². The van der Waals surface area contributed by atoms with Crippen LogP contribution in [0.3, 0.4) is 0 Å². The zero-order valence-corrected chi connectivity index (χ0v) is 13.8. The number of hydrogen-bond acceptors (Lipinski definition) is 3. The summed E-state index contributed by atoms with van der Waals surface area (Å²) < 4.78 is 5.30. The molecule has 0 bridgehead atoms. The number of amides is 2. The van der Waals surface area contributed by atoms with Crippen LogP contribution in [0.4, 0.5) is 0 Å². The molecule has 0 aliphatic carbocycles. The molecule has 0 saturated carbocycles. The van der Waals surface area contributed by atoms with Crippen LogP contribution in [0.15, 0.2) is 24.3 Å². The molecule has 0 aromatic heterocycles. The van der Waals surface area contributed by atoms with E-state index in [2.05, 4.69) is 6.07 Å². The van der Waals surface area contributed by atoms with Gasteiger partial charge in [0, 0.05) is 32.5 Å². The van der Waals surface area contributed by atoms with Gasteiger partial charge in [0.15, 0.2) is 0 Å². The summed E-state index contributed by atoms with van der Waals surface area (Å²) in [5, 5.41) is 0. The summed E-state index contributed by atoms with van der Waals surface area (Å²) in [6.07, 6.45) is 3.09. The van der Waals surface area contributed by atoms with E-state index in [0.717, 1.165) is 37.1 Å². The van der Waals surface area contributed by atoms with Gasteiger partial charge in [-0.1, -0.05) is 12.1 Å². The highest BCUT2D eigenvalue weighted by molar-refractivity contribution is 5.87. The average molecular weight is 316 g/mol. The third-order valence-corrected chi connectivity index (χ3v) is 5.02. The van der Waals surface area contributed by atoms with Crippen molar-refractivity contribution in [1.29, 1.82) is 0 Å². The predicted octanol–water partition coefficient (Wildman–Crippen LogP) is 2.23. The first-order valence-electron chi connectivity index (χ1n) is 8.28. The number of nitrogens with zero attached hydrogens (tertiary/aromatic N) is 2. The standard InChI is InChI=1S/C18H24N2O3/c1-19-10-8-14(12-17(19)21)18(22)20-9-4-7-16(20)13-5-3-6-15(11-13)23-2/h3,5-6,11,14,16H,4,7-10,12H2,1-2H3/t14-,16-/m1/s1. The van der Waals surface area contributed by atoms with Gasteiger partial charge in [0.25, 0.3) is 0 Å². The summed E-state index contributed by atoms with van der Waals surface area (Å²) in [6, 6.07) is 8.05. The molecule has 2 aliphatic heterocycles. The topological polar surface area (TPSA) is 49.9 Å². The molecular formula is C18H24N2O3. The summed E-state index contributed by atoms with van der Waals surface area (Å²) in [5.41, 5.74) is 1.12. The molecule has 0 unspecified atom stereocenters. The molecule has 2 atom stereocenters. The number of carbonyl (C=O) groups excluding carboxylic acids is 2. The van der Waals surface area contributed by atoms with E-state index in [9.17, 15) is 9.59 Å². The van der Waals surface area contributed by atoms with Crippen LogP contribution >= 0.6 is 0 Å². The lowest BCUT2D eigenvalue weighted by Crippen LogP contribution is -2.43. The summed E-state index contributed by atoms with van der Waals surface area (Å²) >= 11 is 0. The zero-order chi connectivity index (χ0) is 16.4. The molecule has 5 heteroatoms. The molecule has 5 nitrogen and oxygen atoms in total. The second-order valence-corrected chi connectivity index (χ2v) is 6.47. The summed E-state index contributed by atoms with van der Waals surface area (Å²) in [4.78, 5) is 28.5. The van der Waals surface area contributed by atoms with E-state index in [4.69, 9.17) is 4.74 Å². The van der Waals surface area contributed by atoms with Crippen LogP contribution in [0.2, 0.25) is 0 Å². The van der Waals surface area contributed by atoms with E-state index in [-0.39, 0.29) is 23.8 Å². The van der Waals surface area contributed by atoms with Crippen molar-refractivity contribution in [2.45, 2.75) is 31.7 Å². The monoisotopic (exact) mass is 316 g/mol. The van der Waals surface area contributed by atoms with Crippen molar-refractivity contribution in [2.24, 2.45) is 5.92 Å². The average Bonchev–Trinajstić information content (AvgIpc) is 3.06. The number of carbonyl (C=O) groups is 2. The summed E-state index contributed by atoms with van der Waals surface area (Å²) in [6.45, 7) is 1.45. The highest BCUT2D eigenvalue weighted by atomic mass is 16.5. The lowest BCUT2D eigenvalue weighted by molar-refractivity contribution is -0.145. The van der Waals surface area contributed by atoms with Crippen molar-refractivity contribution < 1.29 is 14.3 Å². The van der Waals surface area contributed by atoms with Crippen molar-refractivity contribution in [1.82, 2.24) is 9.80 Å². The molecule has 0 spiro atoms. The summed E-state index contributed by atoms with van der Waals surface area (Å²) in [5.74, 6) is 0.865. The van der Waals surface area contributed by atoms with E-state index < -0.39 is 0 Å². The van der Waals surface area contributed by atoms with Gasteiger partial charge in [0.1, 0.15) is 5.75 Å². The molecule has 2 heterocycles. The second-order valence-electron chi connectivity index (χ2n) is 6.47. The SMILES string of the molecule is COc1cccc([C@H]2CCCN2C(=O)[C@@H]2CCN(C)C(=O)C2)c1. The molecule has 2 fully saturated rings. The van der Waals surface area contributed by atoms with Crippen molar-refractivity contribution >= 4 is 11.8 Å². The molecular weight excluding hydrogens is 292 g/mol. The quantitative estimate of drug-likeness (QED) is 0.859. The van der Waals surface area contributed by atoms with Crippen molar-refractivity contribution in [3.05, 3.63) is 29.8 Å². The van der Waals surface area contributed by atoms with Crippen LogP contribution in [0.1, 0.15) is 37.3 Å². The first-order valence-corrected chi connectivity index (χ1v) is 8.28. The van der Waals surface area contributed by atoms with Gasteiger partial charge in [-0.25, -0.2) is 0 Å². The number of rotatable bonds is 3. The minimum absolute atomic E-state index is 0.0757. The smallest absolute Gasteiger partial charge is 0.226 e. The predicted molar refractivity (Wildman–Crippen MR) is 87.0 cm³/mol. The largest absolute Gasteiger partial charge is 0.497 e. The Kier molecular flexibility index (Phi) is 4.55. The fourth-order valence-electron chi connectivity index (χ4n) is 3.61. The first kappa shape index (κ1) is 15.8. The first-order chi connectivity index (χ1) is 11.1. The van der Waals surface area contributed by atoms with Crippen LogP contribution in [0.5, 0.6) is 5.75 Å². The van der Waals surface area contributed by atoms with E-state index in [1.807, 2.05) is 23.1 Å². The molecule has 2 saturated heterocycles. The molecule has 124 valence electrons. The maximum Gasteiger partial charge on any atom is 0.226 e. The van der Waals surface area contributed by atoms with E-state index in [1.165, 1.54) is 0 Å². The molecule has 2 amide bonds. The van der Waals surface area contributed by atoms with Crippen LogP contribution in [-0.2, 0) is 9.59 Å². The van der Waals surface area contributed by atoms with Gasteiger partial charge in [0.2, 0.25) is 11.8 Å². The number of methoxy groups -OCH3 is 1. The Balaban J connectivity index is 1.75. The fraction of sp³-hybridized carbons (Fsp3) is 0.556. The number of hydrogen-bond donors (Lipinski definition) is 0. The van der Waals surface area contributed by atoms with Crippen molar-refractivity contribution in [3.63, 3.8) is 0 Å². The number of ether oxygens (including phenoxy) is 1. The Labute approximate surface area is 137 Å². The van der Waals surface area contributed by atoms with Crippen LogP contribution in [0, 0.1) is 5.92 Å². The van der Waals surface area contributed by atoms with Crippen molar-refractivity contribution in [3.8, 4) is 5.75 Å². The second kappa shape index (κ2) is 6.60. The maximum absolute atomic E-state index is 12.9. The lowest BCUT2D eigenvalue weighted by atomic mass is 9.94. The minimum atomic E-state index is -0.162. The van der Waals surface area contributed by atoms with E-state index in [0.29, 0.717) is 13.0 Å². The van der Waals surface area contributed by atoms with Gasteiger partial charge < -0.3 is 14.5 Å². The molecule has 1 aromatic rings. The number of piperidine rings is 1. The number of benzene rings is 1. The van der Waals surface area contributed by atoms with Gasteiger partial charge in [0.05, 0.1) is 13.2 Å². The maximum atomic E-state index is 12.9. The molecule has 23 heavy (non-hydrogen) atoms. The van der Waals surface area contributed by atoms with Crippen LogP contribution < -0.4 is 4.74 Å². The Morgan fingerprint density at radius 2 is 2.09 bits per heavy atom. The number of likely N-dealkylation sites (tertiary alicyclic amines) is 2. The Hall–Kier alpha value is -2.04.